The Balaban J connectivity index is 2.19. The summed E-state index contributed by atoms with van der Waals surface area (Å²) in [6.45, 7) is 7.29. The Morgan fingerprint density at radius 2 is 1.88 bits per heavy atom. The molecule has 1 aliphatic rings. The van der Waals surface area contributed by atoms with Crippen molar-refractivity contribution in [1.82, 2.24) is 9.62 Å². The predicted molar refractivity (Wildman–Crippen MR) is 95.2 cm³/mol. The Hall–Kier alpha value is -1.40. The highest BCUT2D eigenvalue weighted by Gasteiger charge is 2.30. The van der Waals surface area contributed by atoms with Crippen LogP contribution in [0.25, 0.3) is 0 Å². The molecule has 0 saturated carbocycles. The Bertz CT molecular complexity index is 665. The predicted octanol–water partition coefficient (Wildman–Crippen LogP) is 2.70. The number of hydrogen-bond acceptors (Lipinski definition) is 3. The van der Waals surface area contributed by atoms with Crippen LogP contribution in [-0.4, -0.2) is 38.4 Å². The van der Waals surface area contributed by atoms with Gasteiger partial charge in [0.15, 0.2) is 0 Å². The van der Waals surface area contributed by atoms with Crippen LogP contribution in [-0.2, 0) is 14.8 Å². The molecule has 1 aromatic carbocycles. The summed E-state index contributed by atoms with van der Waals surface area (Å²) in [4.78, 5) is 14.8. The number of piperidine rings is 1. The van der Waals surface area contributed by atoms with Crippen molar-refractivity contribution >= 4 is 15.9 Å². The van der Waals surface area contributed by atoms with E-state index in [-0.39, 0.29) is 16.7 Å². The summed E-state index contributed by atoms with van der Waals surface area (Å²) in [5.41, 5.74) is 0.876. The van der Waals surface area contributed by atoms with Gasteiger partial charge in [0.1, 0.15) is 6.04 Å². The number of carbonyl (C=O) groups is 1. The van der Waals surface area contributed by atoms with Crippen molar-refractivity contribution < 1.29 is 13.2 Å². The number of aryl methyl sites for hydroxylation is 1. The molecule has 0 unspecified atom stereocenters. The molecule has 6 heteroatoms. The van der Waals surface area contributed by atoms with Crippen LogP contribution in [0.15, 0.2) is 29.2 Å². The minimum absolute atomic E-state index is 0.0976. The fourth-order valence-corrected chi connectivity index (χ4v) is 4.35. The van der Waals surface area contributed by atoms with Crippen LogP contribution in [0, 0.1) is 12.8 Å². The summed E-state index contributed by atoms with van der Waals surface area (Å²) in [6.07, 6.45) is 3.61. The molecular weight excluding hydrogens is 324 g/mol. The number of nitrogens with zero attached hydrogens (tertiary/aromatic N) is 1. The van der Waals surface area contributed by atoms with Gasteiger partial charge in [0, 0.05) is 13.1 Å². The van der Waals surface area contributed by atoms with Gasteiger partial charge in [0.2, 0.25) is 15.9 Å². The van der Waals surface area contributed by atoms with Gasteiger partial charge in [-0.3, -0.25) is 4.79 Å². The quantitative estimate of drug-likeness (QED) is 0.856. The number of hydrogen-bond donors (Lipinski definition) is 1. The average molecular weight is 353 g/mol. The van der Waals surface area contributed by atoms with Crippen LogP contribution >= 0.6 is 0 Å². The number of likely N-dealkylation sites (tertiary alicyclic amines) is 1. The molecule has 0 radical (unpaired) electrons. The normalized spacial score (nSPS) is 17.1. The molecule has 134 valence electrons. The Morgan fingerprint density at radius 3 is 2.46 bits per heavy atom. The summed E-state index contributed by atoms with van der Waals surface area (Å²) in [5, 5.41) is 0. The molecule has 2 rings (SSSR count). The van der Waals surface area contributed by atoms with Gasteiger partial charge in [-0.1, -0.05) is 26.0 Å². The molecule has 5 nitrogen and oxygen atoms in total. The van der Waals surface area contributed by atoms with Crippen LogP contribution in [0.3, 0.4) is 0 Å². The van der Waals surface area contributed by atoms with Crippen LogP contribution < -0.4 is 4.72 Å². The van der Waals surface area contributed by atoms with Crippen LogP contribution in [0.4, 0.5) is 0 Å². The zero-order valence-corrected chi connectivity index (χ0v) is 15.6. The minimum Gasteiger partial charge on any atom is -0.341 e. The van der Waals surface area contributed by atoms with Crippen molar-refractivity contribution in [2.45, 2.75) is 57.4 Å². The van der Waals surface area contributed by atoms with E-state index in [0.29, 0.717) is 6.42 Å². The Kier molecular flexibility index (Phi) is 6.40. The van der Waals surface area contributed by atoms with Gasteiger partial charge in [0.25, 0.3) is 0 Å². The molecule has 1 atom stereocenters. The number of nitrogens with one attached hydrogen (secondary N) is 1. The van der Waals surface area contributed by atoms with Gasteiger partial charge < -0.3 is 4.90 Å². The molecular formula is C18H28N2O3S. The lowest BCUT2D eigenvalue weighted by Gasteiger charge is -2.31. The zero-order valence-electron chi connectivity index (χ0n) is 14.8. The van der Waals surface area contributed by atoms with Crippen LogP contribution in [0.5, 0.6) is 0 Å². The maximum atomic E-state index is 12.8. The van der Waals surface area contributed by atoms with Crippen molar-refractivity contribution in [2.24, 2.45) is 5.92 Å². The molecule has 0 spiro atoms. The van der Waals surface area contributed by atoms with E-state index in [1.54, 1.807) is 23.1 Å². The van der Waals surface area contributed by atoms with Gasteiger partial charge in [0.05, 0.1) is 4.90 Å². The van der Waals surface area contributed by atoms with Gasteiger partial charge >= 0.3 is 0 Å². The summed E-state index contributed by atoms with van der Waals surface area (Å²) >= 11 is 0. The van der Waals surface area contributed by atoms with Crippen molar-refractivity contribution in [3.63, 3.8) is 0 Å². The highest BCUT2D eigenvalue weighted by atomic mass is 32.2. The minimum atomic E-state index is -3.71. The largest absolute Gasteiger partial charge is 0.341 e. The van der Waals surface area contributed by atoms with Gasteiger partial charge in [-0.05, 0) is 56.2 Å². The smallest absolute Gasteiger partial charge is 0.241 e. The van der Waals surface area contributed by atoms with Gasteiger partial charge in [-0.15, -0.1) is 0 Å². The van der Waals surface area contributed by atoms with E-state index in [4.69, 9.17) is 0 Å². The summed E-state index contributed by atoms with van der Waals surface area (Å²) in [5.74, 6) is 0.128. The van der Waals surface area contributed by atoms with E-state index in [2.05, 4.69) is 4.72 Å². The fraction of sp³-hybridized carbons (Fsp3) is 0.611. The molecule has 1 fully saturated rings. The van der Waals surface area contributed by atoms with Crippen LogP contribution in [0.1, 0.15) is 45.1 Å². The summed E-state index contributed by atoms with van der Waals surface area (Å²) in [7, 11) is -3.71. The first kappa shape index (κ1) is 18.9. The molecule has 1 heterocycles. The van der Waals surface area contributed by atoms with Crippen molar-refractivity contribution in [3.8, 4) is 0 Å². The Morgan fingerprint density at radius 1 is 1.21 bits per heavy atom. The molecule has 1 aromatic rings. The Labute approximate surface area is 145 Å². The van der Waals surface area contributed by atoms with E-state index in [9.17, 15) is 13.2 Å². The second-order valence-corrected chi connectivity index (χ2v) is 8.72. The monoisotopic (exact) mass is 352 g/mol. The second kappa shape index (κ2) is 8.12. The maximum absolute atomic E-state index is 12.8. The molecule has 0 bridgehead atoms. The molecule has 24 heavy (non-hydrogen) atoms. The lowest BCUT2D eigenvalue weighted by Crippen LogP contribution is -2.50. The first-order valence-corrected chi connectivity index (χ1v) is 10.2. The topological polar surface area (TPSA) is 66.5 Å². The number of benzene rings is 1. The number of amides is 1. The molecule has 0 aromatic heterocycles. The van der Waals surface area contributed by atoms with Gasteiger partial charge in [-0.25, -0.2) is 8.42 Å². The average Bonchev–Trinajstić information content (AvgIpc) is 2.54. The summed E-state index contributed by atoms with van der Waals surface area (Å²) < 4.78 is 28.0. The second-order valence-electron chi connectivity index (χ2n) is 7.01. The first-order chi connectivity index (χ1) is 11.3. The lowest BCUT2D eigenvalue weighted by molar-refractivity contribution is -0.134. The number of sulfonamides is 1. The highest BCUT2D eigenvalue weighted by Crippen LogP contribution is 2.17. The zero-order chi connectivity index (χ0) is 17.7. The van der Waals surface area contributed by atoms with Crippen molar-refractivity contribution in [3.05, 3.63) is 29.8 Å². The fourth-order valence-electron chi connectivity index (χ4n) is 3.04. The molecule has 0 aliphatic carbocycles. The van der Waals surface area contributed by atoms with Gasteiger partial charge in [-0.2, -0.15) is 4.72 Å². The van der Waals surface area contributed by atoms with E-state index in [1.807, 2.05) is 26.8 Å². The van der Waals surface area contributed by atoms with Crippen molar-refractivity contribution in [2.75, 3.05) is 13.1 Å². The first-order valence-electron chi connectivity index (χ1n) is 8.67. The molecule has 1 aliphatic heterocycles. The standard InChI is InChI=1S/C18H28N2O3S/c1-14(2)12-17(18(21)20-10-5-4-6-11-20)19-24(22,23)16-9-7-8-15(3)13-16/h7-9,13-14,17,19H,4-6,10-12H2,1-3H3/t17-/m0/s1. The SMILES string of the molecule is Cc1cccc(S(=O)(=O)N[C@@H](CC(C)C)C(=O)N2CCCCC2)c1. The van der Waals surface area contributed by atoms with Crippen LogP contribution in [0.2, 0.25) is 0 Å². The van der Waals surface area contributed by atoms with E-state index < -0.39 is 16.1 Å². The third kappa shape index (κ3) is 5.05. The third-order valence-electron chi connectivity index (χ3n) is 4.27. The molecule has 1 amide bonds. The highest BCUT2D eigenvalue weighted by molar-refractivity contribution is 7.89. The molecule has 1 saturated heterocycles. The van der Waals surface area contributed by atoms with E-state index in [0.717, 1.165) is 37.9 Å². The third-order valence-corrected chi connectivity index (χ3v) is 5.74. The van der Waals surface area contributed by atoms with E-state index >= 15 is 0 Å². The number of rotatable bonds is 6. The summed E-state index contributed by atoms with van der Waals surface area (Å²) in [6, 6.07) is 6.05. The molecule has 1 N–H and O–H groups in total. The number of carbonyl (C=O) groups excluding carboxylic acids is 1. The maximum Gasteiger partial charge on any atom is 0.241 e. The van der Waals surface area contributed by atoms with Crippen molar-refractivity contribution in [1.29, 1.82) is 0 Å². The lowest BCUT2D eigenvalue weighted by atomic mass is 10.0. The van der Waals surface area contributed by atoms with E-state index in [1.165, 1.54) is 0 Å².